The minimum Gasteiger partial charge on any atom is -0.351 e. The molecule has 3 aromatic rings. The number of amides is 1. The maximum absolute atomic E-state index is 12.5. The fourth-order valence-corrected chi connectivity index (χ4v) is 6.17. The Bertz CT molecular complexity index is 1260. The van der Waals surface area contributed by atoms with Gasteiger partial charge in [0.05, 0.1) is 18.5 Å². The highest BCUT2D eigenvalue weighted by Gasteiger charge is 2.21. The lowest BCUT2D eigenvalue weighted by Gasteiger charge is -2.23. The van der Waals surface area contributed by atoms with Crippen LogP contribution in [0, 0.1) is 0 Å². The van der Waals surface area contributed by atoms with E-state index in [1.165, 1.54) is 4.31 Å². The molecular formula is C24H22Cl4N2O3S2. The first-order valence-corrected chi connectivity index (χ1v) is 14.9. The normalized spacial score (nSPS) is 11.3. The van der Waals surface area contributed by atoms with Gasteiger partial charge in [0.25, 0.3) is 5.91 Å². The van der Waals surface area contributed by atoms with Gasteiger partial charge in [-0.3, -0.25) is 9.10 Å². The number of nitrogens with one attached hydrogen (secondary N) is 1. The van der Waals surface area contributed by atoms with Gasteiger partial charge >= 0.3 is 0 Å². The number of sulfonamides is 1. The summed E-state index contributed by atoms with van der Waals surface area (Å²) in [6.45, 7) is 0.420. The highest BCUT2D eigenvalue weighted by molar-refractivity contribution is 7.98. The average Bonchev–Trinajstić information content (AvgIpc) is 2.79. The highest BCUT2D eigenvalue weighted by Crippen LogP contribution is 2.30. The fraction of sp³-hybridized carbons (Fsp3) is 0.208. The lowest BCUT2D eigenvalue weighted by atomic mass is 10.1. The Hall–Kier alpha value is -1.61. The van der Waals surface area contributed by atoms with Crippen LogP contribution in [0.5, 0.6) is 0 Å². The molecule has 3 rings (SSSR count). The van der Waals surface area contributed by atoms with Crippen molar-refractivity contribution in [1.82, 2.24) is 5.32 Å². The Morgan fingerprint density at radius 1 is 0.857 bits per heavy atom. The summed E-state index contributed by atoms with van der Waals surface area (Å²) in [6, 6.07) is 16.7. The summed E-state index contributed by atoms with van der Waals surface area (Å²) in [6.07, 6.45) is 1.10. The molecule has 186 valence electrons. The summed E-state index contributed by atoms with van der Waals surface area (Å²) >= 11 is 26.4. The molecular weight excluding hydrogens is 570 g/mol. The number of hydrogen-bond donors (Lipinski definition) is 1. The van der Waals surface area contributed by atoms with Crippen LogP contribution in [0.3, 0.4) is 0 Å². The van der Waals surface area contributed by atoms with Gasteiger partial charge in [0.15, 0.2) is 0 Å². The number of carbonyl (C=O) groups is 1. The summed E-state index contributed by atoms with van der Waals surface area (Å²) in [4.78, 5) is 12.5. The smallest absolute Gasteiger partial charge is 0.251 e. The molecule has 0 aromatic heterocycles. The van der Waals surface area contributed by atoms with E-state index in [1.54, 1.807) is 72.4 Å². The van der Waals surface area contributed by atoms with Gasteiger partial charge in [0, 0.05) is 49.3 Å². The van der Waals surface area contributed by atoms with Crippen LogP contribution < -0.4 is 9.62 Å². The van der Waals surface area contributed by atoms with Crippen molar-refractivity contribution in [2.24, 2.45) is 0 Å². The van der Waals surface area contributed by atoms with Crippen molar-refractivity contribution in [2.45, 2.75) is 12.3 Å². The quantitative estimate of drug-likeness (QED) is 0.260. The predicted molar refractivity (Wildman–Crippen MR) is 149 cm³/mol. The Labute approximate surface area is 229 Å². The molecule has 0 fully saturated rings. The number of thioether (sulfide) groups is 1. The van der Waals surface area contributed by atoms with Gasteiger partial charge in [-0.05, 0) is 54.1 Å². The molecule has 0 bridgehead atoms. The maximum atomic E-state index is 12.5. The van der Waals surface area contributed by atoms with Crippen molar-refractivity contribution in [1.29, 1.82) is 0 Å². The van der Waals surface area contributed by atoms with E-state index >= 15 is 0 Å². The van der Waals surface area contributed by atoms with E-state index in [9.17, 15) is 13.2 Å². The van der Waals surface area contributed by atoms with E-state index in [1.807, 2.05) is 0 Å². The number of rotatable bonds is 10. The van der Waals surface area contributed by atoms with E-state index in [0.29, 0.717) is 55.0 Å². The molecule has 0 aliphatic heterocycles. The van der Waals surface area contributed by atoms with Crippen molar-refractivity contribution in [3.05, 3.63) is 97.4 Å². The van der Waals surface area contributed by atoms with Crippen molar-refractivity contribution >= 4 is 79.8 Å². The largest absolute Gasteiger partial charge is 0.351 e. The molecule has 0 aliphatic rings. The minimum absolute atomic E-state index is 0.0322. The van der Waals surface area contributed by atoms with Gasteiger partial charge < -0.3 is 5.32 Å². The Kier molecular flexibility index (Phi) is 10.0. The van der Waals surface area contributed by atoms with Gasteiger partial charge in [0.2, 0.25) is 10.0 Å². The van der Waals surface area contributed by atoms with Crippen LogP contribution in [0.15, 0.2) is 60.7 Å². The average molecular weight is 592 g/mol. The molecule has 35 heavy (non-hydrogen) atoms. The maximum Gasteiger partial charge on any atom is 0.251 e. The van der Waals surface area contributed by atoms with Crippen LogP contribution in [0.2, 0.25) is 20.1 Å². The van der Waals surface area contributed by atoms with Gasteiger partial charge in [-0.25, -0.2) is 8.42 Å². The summed E-state index contributed by atoms with van der Waals surface area (Å²) in [5.74, 6) is 1.05. The number of carbonyl (C=O) groups excluding carboxylic acids is 1. The van der Waals surface area contributed by atoms with Gasteiger partial charge in [-0.15, -0.1) is 0 Å². The lowest BCUT2D eigenvalue weighted by molar-refractivity contribution is 0.0956. The third kappa shape index (κ3) is 7.68. The third-order valence-corrected chi connectivity index (χ3v) is 8.56. The predicted octanol–water partition coefficient (Wildman–Crippen LogP) is 6.93. The van der Waals surface area contributed by atoms with Crippen molar-refractivity contribution < 1.29 is 13.2 Å². The van der Waals surface area contributed by atoms with E-state index < -0.39 is 10.0 Å². The molecule has 5 nitrogen and oxygen atoms in total. The molecule has 1 N–H and O–H groups in total. The van der Waals surface area contributed by atoms with Crippen LogP contribution >= 0.6 is 58.2 Å². The second kappa shape index (κ2) is 12.6. The summed E-state index contributed by atoms with van der Waals surface area (Å²) in [5.41, 5.74) is 2.18. The Morgan fingerprint density at radius 2 is 1.37 bits per heavy atom. The number of benzene rings is 3. The first kappa shape index (κ1) is 28.0. The fourth-order valence-electron chi connectivity index (χ4n) is 3.19. The van der Waals surface area contributed by atoms with Gasteiger partial charge in [0.1, 0.15) is 0 Å². The Morgan fingerprint density at radius 3 is 1.89 bits per heavy atom. The first-order chi connectivity index (χ1) is 16.6. The van der Waals surface area contributed by atoms with Gasteiger partial charge in [-0.1, -0.05) is 58.5 Å². The van der Waals surface area contributed by atoms with E-state index in [2.05, 4.69) is 5.32 Å². The zero-order valence-corrected chi connectivity index (χ0v) is 23.3. The molecule has 0 unspecified atom stereocenters. The molecule has 0 spiro atoms. The molecule has 0 atom stereocenters. The van der Waals surface area contributed by atoms with Crippen LogP contribution in [-0.2, 0) is 22.3 Å². The summed E-state index contributed by atoms with van der Waals surface area (Å²) in [5, 5.41) is 4.84. The van der Waals surface area contributed by atoms with Gasteiger partial charge in [-0.2, -0.15) is 11.8 Å². The Balaban J connectivity index is 1.59. The number of nitrogens with zero attached hydrogens (tertiary/aromatic N) is 1. The summed E-state index contributed by atoms with van der Waals surface area (Å²) in [7, 11) is -3.64. The number of anilines is 1. The molecule has 0 saturated heterocycles. The molecule has 1 amide bonds. The zero-order valence-electron chi connectivity index (χ0n) is 18.6. The molecule has 0 radical (unpaired) electrons. The highest BCUT2D eigenvalue weighted by atomic mass is 35.5. The number of halogens is 4. The van der Waals surface area contributed by atoms with Crippen molar-refractivity contribution in [3.63, 3.8) is 0 Å². The first-order valence-electron chi connectivity index (χ1n) is 10.4. The van der Waals surface area contributed by atoms with Crippen LogP contribution in [0.4, 0.5) is 5.69 Å². The SMILES string of the molecule is CS(=O)(=O)N(Cc1c(Cl)cccc1Cl)c1ccc(C(=O)NCCSCc2c(Cl)cccc2Cl)cc1. The lowest BCUT2D eigenvalue weighted by Crippen LogP contribution is -2.30. The monoisotopic (exact) mass is 590 g/mol. The molecule has 0 aliphatic carbocycles. The van der Waals surface area contributed by atoms with Crippen LogP contribution in [0.1, 0.15) is 21.5 Å². The topological polar surface area (TPSA) is 66.5 Å². The summed E-state index contributed by atoms with van der Waals surface area (Å²) < 4.78 is 26.1. The van der Waals surface area contributed by atoms with Crippen molar-refractivity contribution in [2.75, 3.05) is 22.9 Å². The second-order valence-corrected chi connectivity index (χ2v) is 12.2. The van der Waals surface area contributed by atoms with Crippen LogP contribution in [-0.4, -0.2) is 32.9 Å². The number of hydrogen-bond acceptors (Lipinski definition) is 4. The molecule has 11 heteroatoms. The molecule has 0 saturated carbocycles. The van der Waals surface area contributed by atoms with Crippen LogP contribution in [0.25, 0.3) is 0 Å². The van der Waals surface area contributed by atoms with E-state index in [-0.39, 0.29) is 12.5 Å². The second-order valence-electron chi connectivity index (χ2n) is 7.53. The van der Waals surface area contributed by atoms with E-state index in [4.69, 9.17) is 46.4 Å². The van der Waals surface area contributed by atoms with Crippen molar-refractivity contribution in [3.8, 4) is 0 Å². The standard InChI is InChI=1S/C24H22Cl4N2O3S2/c1-35(32,33)30(14-18-20(25)4-2-5-21(18)26)17-10-8-16(9-11-17)24(31)29-12-13-34-15-19-22(27)6-3-7-23(19)28/h2-11H,12-15H2,1H3,(H,29,31). The third-order valence-electron chi connectivity index (χ3n) is 5.02. The molecule has 0 heterocycles. The minimum atomic E-state index is -3.64. The molecule has 3 aromatic carbocycles. The zero-order chi connectivity index (χ0) is 25.6. The van der Waals surface area contributed by atoms with E-state index in [0.717, 1.165) is 11.8 Å².